The van der Waals surface area contributed by atoms with Gasteiger partial charge < -0.3 is 70.5 Å². The third kappa shape index (κ3) is 7.27. The van der Waals surface area contributed by atoms with Gasteiger partial charge in [0.1, 0.15) is 41.8 Å². The van der Waals surface area contributed by atoms with Gasteiger partial charge in [0, 0.05) is 11.3 Å². The molecule has 2 heterocycles. The molecule has 0 bridgehead atoms. The van der Waals surface area contributed by atoms with E-state index < -0.39 is 98.4 Å². The standard InChI is InChI=1S/C28H36N2O14/c1-30-18-15(19(33)17(10-31)41-25(18)38)11-40-28-22(36)20(34)21(35)23(42-28)26(39)44-27(12-5-3-2-4-6-12)43-24(37)14-9-13(29)7-8-16(14)32/h2-9,15,17-23,25,27-28,30-36,38H,10-11,29H2,1H3/p+1/t15-,17?,18?,19+,20+,21-,22?,23?,25+,27?,28+/m0/s1. The number of anilines is 1. The molecule has 2 saturated heterocycles. The molecule has 16 nitrogen and oxygen atoms in total. The van der Waals surface area contributed by atoms with E-state index in [0.29, 0.717) is 0 Å². The zero-order valence-corrected chi connectivity index (χ0v) is 23.5. The maximum atomic E-state index is 13.3. The summed E-state index contributed by atoms with van der Waals surface area (Å²) in [4.78, 5) is 26.2. The molecular weight excluding hydrogens is 588 g/mol. The van der Waals surface area contributed by atoms with Gasteiger partial charge in [-0.1, -0.05) is 30.3 Å². The molecule has 242 valence electrons. The lowest BCUT2D eigenvalue weighted by molar-refractivity contribution is -0.694. The second-order valence-corrected chi connectivity index (χ2v) is 10.4. The third-order valence-corrected chi connectivity index (χ3v) is 7.53. The molecule has 0 aliphatic carbocycles. The molecule has 44 heavy (non-hydrogen) atoms. The highest BCUT2D eigenvalue weighted by Gasteiger charge is 2.51. The number of benzene rings is 2. The second-order valence-electron chi connectivity index (χ2n) is 10.4. The van der Waals surface area contributed by atoms with Crippen molar-refractivity contribution in [1.29, 1.82) is 0 Å². The van der Waals surface area contributed by atoms with Crippen LogP contribution in [0.25, 0.3) is 0 Å². The Bertz CT molecular complexity index is 1270. The first-order valence-corrected chi connectivity index (χ1v) is 13.7. The number of esters is 2. The number of phenolic OH excluding ortho intramolecular Hbond substituents is 1. The monoisotopic (exact) mass is 625 g/mol. The quantitative estimate of drug-likeness (QED) is 0.0535. The summed E-state index contributed by atoms with van der Waals surface area (Å²) in [6, 6.07) is 10.7. The fourth-order valence-corrected chi connectivity index (χ4v) is 5.04. The van der Waals surface area contributed by atoms with Crippen LogP contribution < -0.4 is 11.1 Å². The minimum Gasteiger partial charge on any atom is -0.507 e. The number of rotatable bonds is 10. The zero-order chi connectivity index (χ0) is 32.1. The highest BCUT2D eigenvalue weighted by molar-refractivity contribution is 5.93. The molecule has 0 aromatic heterocycles. The van der Waals surface area contributed by atoms with Crippen LogP contribution in [0, 0.1) is 5.92 Å². The smallest absolute Gasteiger partial charge is 0.345 e. The SMILES string of the molecule is C[NH2+]C1[C@H](O)OC(CO)[C@H](O)[C@H]1CO[C@@H]1OC(C(=O)OC(OC(=O)c2cc(N)ccc2O)c2ccccc2)[C@@H](O)[C@@H](O)C1O. The number of carbonyl (C=O) groups excluding carboxylic acids is 2. The van der Waals surface area contributed by atoms with E-state index in [1.54, 1.807) is 30.6 Å². The van der Waals surface area contributed by atoms with Crippen molar-refractivity contribution in [2.24, 2.45) is 5.92 Å². The summed E-state index contributed by atoms with van der Waals surface area (Å²) in [6.45, 7) is -0.996. The van der Waals surface area contributed by atoms with E-state index in [-0.39, 0.29) is 16.8 Å². The van der Waals surface area contributed by atoms with E-state index in [9.17, 15) is 45.3 Å². The Morgan fingerprint density at radius 2 is 1.66 bits per heavy atom. The molecule has 0 radical (unpaired) electrons. The highest BCUT2D eigenvalue weighted by Crippen LogP contribution is 2.30. The number of nitrogens with two attached hydrogens (primary N) is 2. The van der Waals surface area contributed by atoms with Gasteiger partial charge in [-0.25, -0.2) is 9.59 Å². The van der Waals surface area contributed by atoms with Crippen molar-refractivity contribution in [2.45, 2.75) is 61.5 Å². The van der Waals surface area contributed by atoms with Crippen LogP contribution in [0.1, 0.15) is 22.2 Å². The molecule has 2 aromatic carbocycles. The molecule has 2 aliphatic rings. The number of quaternary nitrogens is 1. The molecule has 16 heteroatoms. The van der Waals surface area contributed by atoms with E-state index in [1.165, 1.54) is 24.3 Å². The van der Waals surface area contributed by atoms with Gasteiger partial charge in [-0.2, -0.15) is 0 Å². The Labute approximate surface area is 251 Å². The number of ether oxygens (including phenoxy) is 5. The van der Waals surface area contributed by atoms with Gasteiger partial charge in [-0.05, 0) is 18.2 Å². The van der Waals surface area contributed by atoms with Gasteiger partial charge in [-0.15, -0.1) is 0 Å². The molecule has 2 aliphatic heterocycles. The fourth-order valence-electron chi connectivity index (χ4n) is 5.04. The van der Waals surface area contributed by atoms with Crippen molar-refractivity contribution < 1.29 is 74.3 Å². The van der Waals surface area contributed by atoms with Crippen molar-refractivity contribution in [3.8, 4) is 5.75 Å². The number of aromatic hydroxyl groups is 1. The van der Waals surface area contributed by atoms with Crippen LogP contribution in [-0.4, -0.2) is 123 Å². The first-order valence-electron chi connectivity index (χ1n) is 13.7. The number of aliphatic hydroxyl groups excluding tert-OH is 6. The summed E-state index contributed by atoms with van der Waals surface area (Å²) >= 11 is 0. The van der Waals surface area contributed by atoms with Gasteiger partial charge in [0.25, 0.3) is 6.29 Å². The number of aliphatic hydroxyl groups is 6. The van der Waals surface area contributed by atoms with E-state index in [1.807, 2.05) is 0 Å². The predicted octanol–water partition coefficient (Wildman–Crippen LogP) is -3.55. The minimum atomic E-state index is -2.01. The summed E-state index contributed by atoms with van der Waals surface area (Å²) in [5.41, 5.74) is 5.73. The average molecular weight is 626 g/mol. The largest absolute Gasteiger partial charge is 0.507 e. The van der Waals surface area contributed by atoms with Crippen LogP contribution in [-0.2, 0) is 28.5 Å². The number of likely N-dealkylation sites (N-methyl/N-ethyl adjacent to an activating group) is 1. The van der Waals surface area contributed by atoms with Crippen LogP contribution in [0.15, 0.2) is 48.5 Å². The van der Waals surface area contributed by atoms with Crippen molar-refractivity contribution in [3.63, 3.8) is 0 Å². The molecule has 5 unspecified atom stereocenters. The number of hydrogen-bond acceptors (Lipinski definition) is 15. The van der Waals surface area contributed by atoms with Gasteiger partial charge in [-0.3, -0.25) is 0 Å². The summed E-state index contributed by atoms with van der Waals surface area (Å²) in [5, 5.41) is 73.7. The van der Waals surface area contributed by atoms with Crippen molar-refractivity contribution >= 4 is 17.6 Å². The minimum absolute atomic E-state index is 0.151. The summed E-state index contributed by atoms with van der Waals surface area (Å²) in [7, 11) is 1.61. The van der Waals surface area contributed by atoms with Crippen molar-refractivity contribution in [1.82, 2.24) is 0 Å². The lowest BCUT2D eigenvalue weighted by atomic mass is 9.88. The Balaban J connectivity index is 1.50. The lowest BCUT2D eigenvalue weighted by Gasteiger charge is -2.42. The second kappa shape index (κ2) is 14.6. The number of carbonyl (C=O) groups is 2. The molecule has 0 saturated carbocycles. The molecule has 0 amide bonds. The maximum absolute atomic E-state index is 13.3. The van der Waals surface area contributed by atoms with Gasteiger partial charge in [0.2, 0.25) is 6.29 Å². The molecule has 4 rings (SSSR count). The normalized spacial score (nSPS) is 32.9. The fraction of sp³-hybridized carbons (Fsp3) is 0.500. The Morgan fingerprint density at radius 3 is 2.32 bits per heavy atom. The number of phenols is 1. The first-order chi connectivity index (χ1) is 21.0. The van der Waals surface area contributed by atoms with Gasteiger partial charge >= 0.3 is 11.9 Å². The van der Waals surface area contributed by atoms with Crippen molar-refractivity contribution in [2.75, 3.05) is 26.0 Å². The van der Waals surface area contributed by atoms with Crippen LogP contribution >= 0.6 is 0 Å². The average Bonchev–Trinajstić information content (AvgIpc) is 3.01. The Kier molecular flexibility index (Phi) is 11.1. The van der Waals surface area contributed by atoms with Crippen LogP contribution in [0.5, 0.6) is 5.75 Å². The summed E-state index contributed by atoms with van der Waals surface area (Å²) in [5.74, 6) is -3.71. The maximum Gasteiger partial charge on any atom is 0.345 e. The van der Waals surface area contributed by atoms with Crippen LogP contribution in [0.3, 0.4) is 0 Å². The van der Waals surface area contributed by atoms with Gasteiger partial charge in [0.05, 0.1) is 32.3 Å². The first kappa shape index (κ1) is 33.5. The Morgan fingerprint density at radius 1 is 0.955 bits per heavy atom. The zero-order valence-electron chi connectivity index (χ0n) is 23.5. The van der Waals surface area contributed by atoms with E-state index in [0.717, 1.165) is 6.07 Å². The number of hydrogen-bond donors (Lipinski definition) is 9. The van der Waals surface area contributed by atoms with E-state index in [4.69, 9.17) is 29.4 Å². The molecular formula is C28H37N2O14+. The van der Waals surface area contributed by atoms with Crippen molar-refractivity contribution in [3.05, 3.63) is 59.7 Å². The highest BCUT2D eigenvalue weighted by atomic mass is 16.7. The van der Waals surface area contributed by atoms with Crippen LogP contribution in [0.2, 0.25) is 0 Å². The lowest BCUT2D eigenvalue weighted by Crippen LogP contribution is -2.93. The Hall–Kier alpha value is -3.42. The molecule has 2 aromatic rings. The molecule has 11 N–H and O–H groups in total. The summed E-state index contributed by atoms with van der Waals surface area (Å²) in [6.07, 6.45) is -15.0. The molecule has 11 atom stereocenters. The number of nitrogen functional groups attached to an aromatic ring is 1. The third-order valence-electron chi connectivity index (χ3n) is 7.53. The topological polar surface area (TPSA) is 265 Å². The predicted molar refractivity (Wildman–Crippen MR) is 145 cm³/mol. The van der Waals surface area contributed by atoms with Gasteiger partial charge in [0.15, 0.2) is 12.4 Å². The summed E-state index contributed by atoms with van der Waals surface area (Å²) < 4.78 is 27.1. The van der Waals surface area contributed by atoms with E-state index in [2.05, 4.69) is 0 Å². The van der Waals surface area contributed by atoms with E-state index >= 15 is 0 Å². The molecule has 0 spiro atoms. The van der Waals surface area contributed by atoms with Crippen LogP contribution in [0.4, 0.5) is 5.69 Å². The molecule has 2 fully saturated rings.